The fourth-order valence-corrected chi connectivity index (χ4v) is 0.296. The molecule has 50 valence electrons. The van der Waals surface area contributed by atoms with Crippen LogP contribution in [0.15, 0.2) is 17.4 Å². The van der Waals surface area contributed by atoms with Crippen molar-refractivity contribution in [1.29, 1.82) is 0 Å². The Balaban J connectivity index is 4.08. The lowest BCUT2D eigenvalue weighted by molar-refractivity contribution is -0.113. The maximum Gasteiger partial charge on any atom is 0.249 e. The van der Waals surface area contributed by atoms with Crippen molar-refractivity contribution in [1.82, 2.24) is 0 Å². The lowest BCUT2D eigenvalue weighted by Crippen LogP contribution is -2.04. The van der Waals surface area contributed by atoms with Gasteiger partial charge in [-0.25, -0.2) is 0 Å². The molecule has 2 nitrogen and oxygen atoms in total. The number of carbonyl (C=O) groups excluding carboxylic acids is 1. The summed E-state index contributed by atoms with van der Waals surface area (Å²) in [6, 6.07) is 0. The van der Waals surface area contributed by atoms with Crippen molar-refractivity contribution in [2.75, 3.05) is 0 Å². The summed E-state index contributed by atoms with van der Waals surface area (Å²) in [5.74, 6) is -0.442. The van der Waals surface area contributed by atoms with Crippen molar-refractivity contribution in [2.24, 2.45) is 5.73 Å². The van der Waals surface area contributed by atoms with Crippen molar-refractivity contribution in [3.05, 3.63) is 17.4 Å². The maximum absolute atomic E-state index is 10.1. The first-order valence-corrected chi connectivity index (χ1v) is 2.88. The quantitative estimate of drug-likeness (QED) is 0.434. The van der Waals surface area contributed by atoms with E-state index in [2.05, 4.69) is 5.73 Å². The summed E-state index contributed by atoms with van der Waals surface area (Å²) in [7, 11) is 0. The predicted molar refractivity (Wildman–Crippen MR) is 36.8 cm³/mol. The van der Waals surface area contributed by atoms with Crippen molar-refractivity contribution < 1.29 is 4.79 Å². The lowest BCUT2D eigenvalue weighted by Gasteiger charge is -1.83. The summed E-state index contributed by atoms with van der Waals surface area (Å²) >= 11 is 0. The zero-order chi connectivity index (χ0) is 7.28. The van der Waals surface area contributed by atoms with Gasteiger partial charge < -0.3 is 5.73 Å². The first-order chi connectivity index (χ1) is 4.16. The molecule has 0 bridgehead atoms. The average Bonchev–Trinajstić information content (AvgIpc) is 1.83. The molecular formula is C7H11NO. The van der Waals surface area contributed by atoms with Gasteiger partial charge in [0.05, 0.1) is 0 Å². The molecule has 2 N–H and O–H groups in total. The Morgan fingerprint density at radius 1 is 1.78 bits per heavy atom. The molecule has 1 amide bonds. The van der Waals surface area contributed by atoms with Gasteiger partial charge in [-0.3, -0.25) is 4.79 Å². The van der Waals surface area contributed by atoms with Crippen LogP contribution in [0.5, 0.6) is 0 Å². The molecule has 0 rings (SSSR count). The van der Waals surface area contributed by atoms with E-state index in [0.717, 1.165) is 12.0 Å². The summed E-state index contributed by atoms with van der Waals surface area (Å²) < 4.78 is 0. The highest BCUT2D eigenvalue weighted by atomic mass is 16.1. The van der Waals surface area contributed by atoms with Gasteiger partial charge in [-0.1, -0.05) is 6.92 Å². The van der Waals surface area contributed by atoms with Gasteiger partial charge in [-0.2, -0.15) is 0 Å². The fraction of sp³-hybridized carbons (Fsp3) is 0.429. The van der Waals surface area contributed by atoms with E-state index in [1.165, 1.54) is 6.08 Å². The number of hydrogen-bond acceptors (Lipinski definition) is 1. The number of carbonyl (C=O) groups is 1. The van der Waals surface area contributed by atoms with E-state index in [1.807, 2.05) is 13.8 Å². The van der Waals surface area contributed by atoms with Crippen LogP contribution in [0.1, 0.15) is 20.3 Å². The fourth-order valence-electron chi connectivity index (χ4n) is 0.296. The molecule has 0 heterocycles. The Kier molecular flexibility index (Phi) is 3.49. The zero-order valence-corrected chi connectivity index (χ0v) is 5.77. The molecule has 0 atom stereocenters. The van der Waals surface area contributed by atoms with E-state index in [-0.39, 0.29) is 0 Å². The SMILES string of the molecule is CCC(C)=C=CC(N)=O. The summed E-state index contributed by atoms with van der Waals surface area (Å²) in [4.78, 5) is 10.1. The molecule has 0 fully saturated rings. The van der Waals surface area contributed by atoms with Crippen LogP contribution in [0, 0.1) is 0 Å². The topological polar surface area (TPSA) is 43.1 Å². The molecule has 0 unspecified atom stereocenters. The normalized spacial score (nSPS) is 7.78. The number of rotatable bonds is 2. The Hall–Kier alpha value is -1.01. The van der Waals surface area contributed by atoms with Gasteiger partial charge in [0, 0.05) is 6.08 Å². The van der Waals surface area contributed by atoms with Crippen molar-refractivity contribution in [2.45, 2.75) is 20.3 Å². The second kappa shape index (κ2) is 3.93. The number of amides is 1. The van der Waals surface area contributed by atoms with Crippen molar-refractivity contribution >= 4 is 5.91 Å². The Labute approximate surface area is 55.1 Å². The summed E-state index contributed by atoms with van der Waals surface area (Å²) in [5, 5.41) is 0. The molecule has 0 aliphatic heterocycles. The number of hydrogen-bond donors (Lipinski definition) is 1. The molecule has 0 aliphatic rings. The van der Waals surface area contributed by atoms with Crippen LogP contribution in [0.25, 0.3) is 0 Å². The molecule has 0 spiro atoms. The Bertz CT molecular complexity index is 164. The van der Waals surface area contributed by atoms with Gasteiger partial charge in [0.25, 0.3) is 0 Å². The van der Waals surface area contributed by atoms with Crippen LogP contribution >= 0.6 is 0 Å². The van der Waals surface area contributed by atoms with E-state index in [9.17, 15) is 4.79 Å². The number of nitrogens with two attached hydrogens (primary N) is 1. The first-order valence-electron chi connectivity index (χ1n) is 2.88. The van der Waals surface area contributed by atoms with Crippen LogP contribution in [0.4, 0.5) is 0 Å². The summed E-state index contributed by atoms with van der Waals surface area (Å²) in [6.45, 7) is 3.90. The minimum Gasteiger partial charge on any atom is -0.366 e. The summed E-state index contributed by atoms with van der Waals surface area (Å²) in [5.41, 5.74) is 8.61. The molecule has 0 aromatic carbocycles. The van der Waals surface area contributed by atoms with Gasteiger partial charge in [-0.05, 0) is 18.9 Å². The minimum absolute atomic E-state index is 0.442. The van der Waals surface area contributed by atoms with Crippen LogP contribution in [-0.4, -0.2) is 5.91 Å². The lowest BCUT2D eigenvalue weighted by atomic mass is 10.2. The van der Waals surface area contributed by atoms with Gasteiger partial charge >= 0.3 is 0 Å². The van der Waals surface area contributed by atoms with Crippen molar-refractivity contribution in [3.63, 3.8) is 0 Å². The van der Waals surface area contributed by atoms with Crippen LogP contribution in [0.3, 0.4) is 0 Å². The molecule has 0 saturated heterocycles. The molecule has 9 heavy (non-hydrogen) atoms. The Morgan fingerprint density at radius 3 is 2.67 bits per heavy atom. The zero-order valence-electron chi connectivity index (χ0n) is 5.77. The molecule has 0 radical (unpaired) electrons. The second-order valence-electron chi connectivity index (χ2n) is 1.82. The smallest absolute Gasteiger partial charge is 0.249 e. The first kappa shape index (κ1) is 7.99. The van der Waals surface area contributed by atoms with Crippen LogP contribution < -0.4 is 5.73 Å². The van der Waals surface area contributed by atoms with E-state index in [1.54, 1.807) is 0 Å². The molecule has 2 heteroatoms. The molecule has 0 aromatic heterocycles. The van der Waals surface area contributed by atoms with E-state index < -0.39 is 5.91 Å². The maximum atomic E-state index is 10.1. The third-order valence-electron chi connectivity index (χ3n) is 0.991. The standard InChI is InChI=1S/C7H11NO/c1-3-6(2)4-5-7(8)9/h5H,3H2,1-2H3,(H2,8,9). The second-order valence-corrected chi connectivity index (χ2v) is 1.82. The minimum atomic E-state index is -0.442. The highest BCUT2D eigenvalue weighted by Gasteiger charge is 1.80. The summed E-state index contributed by atoms with van der Waals surface area (Å²) in [6.07, 6.45) is 2.16. The highest BCUT2D eigenvalue weighted by molar-refractivity contribution is 5.85. The molecule has 0 aliphatic carbocycles. The van der Waals surface area contributed by atoms with Crippen molar-refractivity contribution in [3.8, 4) is 0 Å². The predicted octanol–water partition coefficient (Wildman–Crippen LogP) is 0.983. The highest BCUT2D eigenvalue weighted by Crippen LogP contribution is 1.92. The van der Waals surface area contributed by atoms with E-state index in [0.29, 0.717) is 0 Å². The van der Waals surface area contributed by atoms with Gasteiger partial charge in [-0.15, -0.1) is 5.73 Å². The average molecular weight is 125 g/mol. The van der Waals surface area contributed by atoms with E-state index in [4.69, 9.17) is 5.73 Å². The van der Waals surface area contributed by atoms with Gasteiger partial charge in [0.15, 0.2) is 0 Å². The van der Waals surface area contributed by atoms with Gasteiger partial charge in [0.2, 0.25) is 5.91 Å². The third kappa shape index (κ3) is 4.85. The van der Waals surface area contributed by atoms with Crippen LogP contribution in [0.2, 0.25) is 0 Å². The van der Waals surface area contributed by atoms with Crippen LogP contribution in [-0.2, 0) is 4.79 Å². The monoisotopic (exact) mass is 125 g/mol. The van der Waals surface area contributed by atoms with Gasteiger partial charge in [0.1, 0.15) is 0 Å². The Morgan fingerprint density at radius 2 is 2.33 bits per heavy atom. The third-order valence-corrected chi connectivity index (χ3v) is 0.991. The molecular weight excluding hydrogens is 114 g/mol. The molecule has 0 saturated carbocycles. The molecule has 0 aromatic rings. The number of primary amides is 1. The van der Waals surface area contributed by atoms with E-state index >= 15 is 0 Å². The largest absolute Gasteiger partial charge is 0.366 e.